The summed E-state index contributed by atoms with van der Waals surface area (Å²) in [5, 5.41) is 0. The third-order valence-electron chi connectivity index (χ3n) is 4.85. The van der Waals surface area contributed by atoms with Crippen LogP contribution in [0.3, 0.4) is 0 Å². The van der Waals surface area contributed by atoms with Crippen LogP contribution in [0, 0.1) is 0 Å². The average molecular weight is 397 g/mol. The van der Waals surface area contributed by atoms with E-state index in [9.17, 15) is 9.59 Å². The highest BCUT2D eigenvalue weighted by Gasteiger charge is 2.11. The molecule has 0 amide bonds. The van der Waals surface area contributed by atoms with Gasteiger partial charge in [-0.2, -0.15) is 0 Å². The fourth-order valence-electron chi connectivity index (χ4n) is 3.23. The van der Waals surface area contributed by atoms with Gasteiger partial charge >= 0.3 is 11.9 Å². The van der Waals surface area contributed by atoms with E-state index in [2.05, 4.69) is 20.8 Å². The molecule has 0 fully saturated rings. The van der Waals surface area contributed by atoms with E-state index in [4.69, 9.17) is 9.47 Å². The molecule has 164 valence electrons. The van der Waals surface area contributed by atoms with Crippen LogP contribution in [0.4, 0.5) is 0 Å². The van der Waals surface area contributed by atoms with Crippen LogP contribution in [-0.2, 0) is 19.1 Å². The molecule has 4 nitrogen and oxygen atoms in total. The minimum absolute atomic E-state index is 0.0560. The summed E-state index contributed by atoms with van der Waals surface area (Å²) in [7, 11) is 0. The maximum atomic E-state index is 11.8. The number of unbranched alkanes of at least 4 members (excludes halogenated alkanes) is 10. The highest BCUT2D eigenvalue weighted by atomic mass is 16.5. The second-order valence-corrected chi connectivity index (χ2v) is 7.67. The zero-order valence-corrected chi connectivity index (χ0v) is 18.7. The van der Waals surface area contributed by atoms with Crippen LogP contribution >= 0.6 is 0 Å². The number of esters is 2. The van der Waals surface area contributed by atoms with Gasteiger partial charge in [0.15, 0.2) is 0 Å². The molecule has 0 saturated carbocycles. The number of carbonyl (C=O) groups excluding carboxylic acids is 2. The average Bonchev–Trinajstić information content (AvgIpc) is 2.67. The van der Waals surface area contributed by atoms with E-state index in [0.29, 0.717) is 6.61 Å². The largest absolute Gasteiger partial charge is 0.463 e. The summed E-state index contributed by atoms with van der Waals surface area (Å²) >= 11 is 0. The topological polar surface area (TPSA) is 52.6 Å². The van der Waals surface area contributed by atoms with Crippen molar-refractivity contribution >= 4 is 11.9 Å². The van der Waals surface area contributed by atoms with Crippen molar-refractivity contribution in [2.75, 3.05) is 6.61 Å². The van der Waals surface area contributed by atoms with E-state index < -0.39 is 11.9 Å². The summed E-state index contributed by atoms with van der Waals surface area (Å²) < 4.78 is 10.5. The molecule has 0 radical (unpaired) electrons. The van der Waals surface area contributed by atoms with Gasteiger partial charge < -0.3 is 9.47 Å². The summed E-state index contributed by atoms with van der Waals surface area (Å²) in [6.45, 7) is 6.80. The Morgan fingerprint density at radius 2 is 1.11 bits per heavy atom. The Hall–Kier alpha value is -1.32. The van der Waals surface area contributed by atoms with Crippen LogP contribution in [0.25, 0.3) is 0 Å². The Labute approximate surface area is 173 Å². The lowest BCUT2D eigenvalue weighted by Crippen LogP contribution is -2.16. The first kappa shape index (κ1) is 26.7. The van der Waals surface area contributed by atoms with Crippen molar-refractivity contribution in [3.05, 3.63) is 12.2 Å². The first-order chi connectivity index (χ1) is 13.6. The molecule has 0 aliphatic heterocycles. The fourth-order valence-corrected chi connectivity index (χ4v) is 3.23. The lowest BCUT2D eigenvalue weighted by atomic mass is 10.1. The molecule has 28 heavy (non-hydrogen) atoms. The van der Waals surface area contributed by atoms with Gasteiger partial charge in [0, 0.05) is 12.2 Å². The van der Waals surface area contributed by atoms with Gasteiger partial charge in [-0.15, -0.1) is 0 Å². The summed E-state index contributed by atoms with van der Waals surface area (Å²) in [5.74, 6) is -0.926. The number of rotatable bonds is 19. The number of ether oxygens (including phenoxy) is 2. The molecule has 0 bridgehead atoms. The van der Waals surface area contributed by atoms with E-state index in [-0.39, 0.29) is 6.10 Å². The van der Waals surface area contributed by atoms with Gasteiger partial charge in [0.25, 0.3) is 0 Å². The molecule has 0 atom stereocenters. The first-order valence-corrected chi connectivity index (χ1v) is 11.7. The van der Waals surface area contributed by atoms with E-state index in [0.717, 1.165) is 38.5 Å². The van der Waals surface area contributed by atoms with Crippen LogP contribution in [-0.4, -0.2) is 24.6 Å². The lowest BCUT2D eigenvalue weighted by molar-refractivity contribution is -0.144. The van der Waals surface area contributed by atoms with Crippen LogP contribution in [0.15, 0.2) is 12.2 Å². The second kappa shape index (κ2) is 20.4. The van der Waals surface area contributed by atoms with Crippen molar-refractivity contribution in [2.45, 2.75) is 123 Å². The van der Waals surface area contributed by atoms with E-state index >= 15 is 0 Å². The first-order valence-electron chi connectivity index (χ1n) is 11.7. The minimum atomic E-state index is -0.466. The molecular formula is C24H44O4. The lowest BCUT2D eigenvalue weighted by Gasteiger charge is -2.14. The standard InChI is InChI=1S/C24H44O4/c1-4-7-8-9-10-11-12-13-14-15-16-21-27-23(25)19-20-24(26)28-22(17-5-2)18-6-3/h19-20,22H,4-18,21H2,1-3H3/b20-19+. The Morgan fingerprint density at radius 3 is 1.61 bits per heavy atom. The summed E-state index contributed by atoms with van der Waals surface area (Å²) in [4.78, 5) is 23.4. The number of hydrogen-bond donors (Lipinski definition) is 0. The highest BCUT2D eigenvalue weighted by Crippen LogP contribution is 2.11. The van der Waals surface area contributed by atoms with Crippen molar-refractivity contribution in [3.63, 3.8) is 0 Å². The van der Waals surface area contributed by atoms with Crippen LogP contribution in [0.5, 0.6) is 0 Å². The second-order valence-electron chi connectivity index (χ2n) is 7.67. The van der Waals surface area contributed by atoms with Crippen molar-refractivity contribution in [2.24, 2.45) is 0 Å². The third-order valence-corrected chi connectivity index (χ3v) is 4.85. The quantitative estimate of drug-likeness (QED) is 0.135. The molecule has 0 N–H and O–H groups in total. The predicted molar refractivity (Wildman–Crippen MR) is 116 cm³/mol. The molecule has 0 heterocycles. The Kier molecular flexibility index (Phi) is 19.5. The van der Waals surface area contributed by atoms with Crippen molar-refractivity contribution < 1.29 is 19.1 Å². The van der Waals surface area contributed by atoms with E-state index in [1.807, 2.05) is 0 Å². The maximum absolute atomic E-state index is 11.8. The van der Waals surface area contributed by atoms with Gasteiger partial charge in [-0.1, -0.05) is 97.8 Å². The molecule has 0 unspecified atom stereocenters. The molecule has 0 aliphatic rings. The molecule has 0 spiro atoms. The third kappa shape index (κ3) is 18.1. The predicted octanol–water partition coefficient (Wildman–Crippen LogP) is 6.91. The smallest absolute Gasteiger partial charge is 0.331 e. The van der Waals surface area contributed by atoms with Crippen LogP contribution in [0.2, 0.25) is 0 Å². The Morgan fingerprint density at radius 1 is 0.643 bits per heavy atom. The van der Waals surface area contributed by atoms with Gasteiger partial charge in [-0.25, -0.2) is 9.59 Å². The highest BCUT2D eigenvalue weighted by molar-refractivity contribution is 5.91. The number of hydrogen-bond acceptors (Lipinski definition) is 4. The normalized spacial score (nSPS) is 11.3. The molecule has 4 heteroatoms. The zero-order valence-electron chi connectivity index (χ0n) is 18.7. The van der Waals surface area contributed by atoms with E-state index in [1.165, 1.54) is 69.9 Å². The van der Waals surface area contributed by atoms with Crippen molar-refractivity contribution in [3.8, 4) is 0 Å². The van der Waals surface area contributed by atoms with Gasteiger partial charge in [0.1, 0.15) is 6.10 Å². The fraction of sp³-hybridized carbons (Fsp3) is 0.833. The van der Waals surface area contributed by atoms with Crippen molar-refractivity contribution in [1.29, 1.82) is 0 Å². The van der Waals surface area contributed by atoms with E-state index in [1.54, 1.807) is 0 Å². The molecule has 0 aliphatic carbocycles. The SMILES string of the molecule is CCCCCCCCCCCCCOC(=O)/C=C/C(=O)OC(CCC)CCC. The monoisotopic (exact) mass is 396 g/mol. The van der Waals surface area contributed by atoms with Gasteiger partial charge in [-0.3, -0.25) is 0 Å². The molecule has 0 rings (SSSR count). The summed E-state index contributed by atoms with van der Waals surface area (Å²) in [5.41, 5.74) is 0. The molecule has 0 aromatic rings. The Balaban J connectivity index is 3.60. The summed E-state index contributed by atoms with van der Waals surface area (Å²) in [6.07, 6.45) is 19.9. The maximum Gasteiger partial charge on any atom is 0.331 e. The van der Waals surface area contributed by atoms with Gasteiger partial charge in [0.2, 0.25) is 0 Å². The molecule has 0 saturated heterocycles. The number of carbonyl (C=O) groups is 2. The van der Waals surface area contributed by atoms with Gasteiger partial charge in [0.05, 0.1) is 6.61 Å². The molecule has 0 aromatic heterocycles. The van der Waals surface area contributed by atoms with Gasteiger partial charge in [-0.05, 0) is 19.3 Å². The Bertz CT molecular complexity index is 397. The van der Waals surface area contributed by atoms with Crippen LogP contribution in [0.1, 0.15) is 117 Å². The zero-order chi connectivity index (χ0) is 20.9. The molecular weight excluding hydrogens is 352 g/mol. The summed E-state index contributed by atoms with van der Waals surface area (Å²) in [6, 6.07) is 0. The molecule has 0 aromatic carbocycles. The van der Waals surface area contributed by atoms with Crippen LogP contribution < -0.4 is 0 Å². The van der Waals surface area contributed by atoms with Crippen molar-refractivity contribution in [1.82, 2.24) is 0 Å². The minimum Gasteiger partial charge on any atom is -0.463 e.